The number of nitro groups is 1. The first-order valence-electron chi connectivity index (χ1n) is 12.3. The smallest absolute Gasteiger partial charge is 0.419 e. The quantitative estimate of drug-likeness (QED) is 0.171. The fourth-order valence-electron chi connectivity index (χ4n) is 4.49. The number of amides is 2. The van der Waals surface area contributed by atoms with Crippen LogP contribution in [-0.2, 0) is 16.1 Å². The van der Waals surface area contributed by atoms with Crippen molar-refractivity contribution in [3.63, 3.8) is 0 Å². The van der Waals surface area contributed by atoms with Gasteiger partial charge in [0, 0.05) is 24.6 Å². The van der Waals surface area contributed by atoms with Gasteiger partial charge in [-0.05, 0) is 46.4 Å². The van der Waals surface area contributed by atoms with E-state index in [2.05, 4.69) is 19.1 Å². The van der Waals surface area contributed by atoms with Crippen molar-refractivity contribution in [1.29, 1.82) is 0 Å². The summed E-state index contributed by atoms with van der Waals surface area (Å²) in [5.41, 5.74) is 4.92. The fraction of sp³-hybridized carbons (Fsp3) is 0.276. The van der Waals surface area contributed by atoms with Crippen LogP contribution < -0.4 is 0 Å². The lowest BCUT2D eigenvalue weighted by Crippen LogP contribution is -2.39. The number of ether oxygens (including phenoxy) is 2. The van der Waals surface area contributed by atoms with Crippen LogP contribution in [0.2, 0.25) is 0 Å². The van der Waals surface area contributed by atoms with E-state index in [0.29, 0.717) is 12.0 Å². The van der Waals surface area contributed by atoms with Gasteiger partial charge < -0.3 is 9.47 Å². The normalized spacial score (nSPS) is 11.9. The van der Waals surface area contributed by atoms with Gasteiger partial charge in [-0.3, -0.25) is 10.1 Å². The first-order valence-corrected chi connectivity index (χ1v) is 12.3. The number of carbonyl (C=O) groups is 2. The summed E-state index contributed by atoms with van der Waals surface area (Å²) >= 11 is 0. The van der Waals surface area contributed by atoms with E-state index >= 15 is 0 Å². The second-order valence-corrected chi connectivity index (χ2v) is 8.85. The molecule has 4 rings (SSSR count). The number of hydrogen-bond donors (Lipinski definition) is 0. The Morgan fingerprint density at radius 3 is 2.03 bits per heavy atom. The number of fused-ring (bicyclic) bond motifs is 3. The first-order chi connectivity index (χ1) is 18.0. The second-order valence-electron chi connectivity index (χ2n) is 8.85. The third-order valence-electron chi connectivity index (χ3n) is 6.42. The van der Waals surface area contributed by atoms with Crippen LogP contribution in [0.5, 0.6) is 0 Å². The number of unbranched alkanes of at least 4 members (excludes halogenated alkanes) is 3. The molecule has 191 valence electrons. The summed E-state index contributed by atoms with van der Waals surface area (Å²) < 4.78 is 11.0. The Kier molecular flexibility index (Phi) is 8.51. The Morgan fingerprint density at radius 2 is 1.43 bits per heavy atom. The molecule has 1 aliphatic rings. The van der Waals surface area contributed by atoms with Gasteiger partial charge in [-0.15, -0.1) is 0 Å². The summed E-state index contributed by atoms with van der Waals surface area (Å²) in [6.45, 7) is 3.96. The highest BCUT2D eigenvalue weighted by Gasteiger charge is 2.31. The molecule has 0 aliphatic heterocycles. The Hall–Kier alpha value is -4.20. The molecule has 3 aromatic carbocycles. The van der Waals surface area contributed by atoms with E-state index in [1.807, 2.05) is 36.4 Å². The number of imide groups is 1. The maximum absolute atomic E-state index is 13.1. The monoisotopic (exact) mass is 501 g/mol. The zero-order valence-corrected chi connectivity index (χ0v) is 20.5. The lowest BCUT2D eigenvalue weighted by atomic mass is 9.98. The van der Waals surface area contributed by atoms with Crippen LogP contribution in [0.25, 0.3) is 11.1 Å². The van der Waals surface area contributed by atoms with Gasteiger partial charge in [0.15, 0.2) is 0 Å². The molecule has 1 radical (unpaired) electrons. The largest absolute Gasteiger partial charge is 0.448 e. The van der Waals surface area contributed by atoms with Gasteiger partial charge in [0.25, 0.3) is 5.69 Å². The van der Waals surface area contributed by atoms with Crippen molar-refractivity contribution >= 4 is 17.9 Å². The molecule has 0 heterocycles. The predicted octanol–water partition coefficient (Wildman–Crippen LogP) is 6.88. The van der Waals surface area contributed by atoms with E-state index in [0.717, 1.165) is 46.4 Å². The molecule has 0 aromatic heterocycles. The van der Waals surface area contributed by atoms with Gasteiger partial charge in [-0.25, -0.2) is 14.5 Å². The predicted molar refractivity (Wildman–Crippen MR) is 139 cm³/mol. The molecule has 0 N–H and O–H groups in total. The van der Waals surface area contributed by atoms with Crippen LogP contribution in [0.4, 0.5) is 15.3 Å². The fourth-order valence-corrected chi connectivity index (χ4v) is 4.49. The highest BCUT2D eigenvalue weighted by molar-refractivity contribution is 5.88. The summed E-state index contributed by atoms with van der Waals surface area (Å²) in [6.07, 6.45) is 1.50. The van der Waals surface area contributed by atoms with E-state index in [9.17, 15) is 19.7 Å². The Balaban J connectivity index is 1.42. The van der Waals surface area contributed by atoms with Crippen LogP contribution >= 0.6 is 0 Å². The molecular formula is C29H29N2O6. The molecule has 2 amide bonds. The molecule has 0 bridgehead atoms. The zero-order chi connectivity index (χ0) is 26.2. The lowest BCUT2D eigenvalue weighted by molar-refractivity contribution is -0.384. The molecule has 0 atom stereocenters. The summed E-state index contributed by atoms with van der Waals surface area (Å²) in [6, 6.07) is 21.8. The van der Waals surface area contributed by atoms with Crippen molar-refractivity contribution in [3.8, 4) is 11.1 Å². The van der Waals surface area contributed by atoms with Crippen molar-refractivity contribution in [2.75, 3.05) is 13.2 Å². The molecule has 3 aromatic rings. The van der Waals surface area contributed by atoms with Crippen LogP contribution in [0, 0.1) is 17.0 Å². The highest BCUT2D eigenvalue weighted by atomic mass is 16.6. The molecule has 8 heteroatoms. The molecule has 0 saturated carbocycles. The molecule has 0 spiro atoms. The minimum atomic E-state index is -0.815. The minimum absolute atomic E-state index is 0.0549. The average molecular weight is 502 g/mol. The van der Waals surface area contributed by atoms with Crippen LogP contribution in [0.3, 0.4) is 0 Å². The third-order valence-corrected chi connectivity index (χ3v) is 6.42. The van der Waals surface area contributed by atoms with Crippen LogP contribution in [0.15, 0.2) is 72.8 Å². The van der Waals surface area contributed by atoms with Crippen molar-refractivity contribution in [2.24, 2.45) is 0 Å². The van der Waals surface area contributed by atoms with Gasteiger partial charge in [0.2, 0.25) is 0 Å². The zero-order valence-electron chi connectivity index (χ0n) is 20.5. The SMILES string of the molecule is [CH2]CCCCCN(C(=O)OCc1ccc([N+](=O)[O-])cc1)C(=O)OCC1c2ccccc2-c2ccccc21. The number of rotatable bonds is 10. The number of benzene rings is 3. The highest BCUT2D eigenvalue weighted by Crippen LogP contribution is 2.44. The standard InChI is InChI=1S/C29H29N2O6/c1-2-3-4-9-18-30(28(32)36-19-21-14-16-22(17-15-21)31(34)35)29(33)37-20-27-25-12-7-5-10-23(25)24-11-6-8-13-26(24)27/h5-8,10-17,27H,1-4,9,18-20H2. The Labute approximate surface area is 216 Å². The molecule has 1 aliphatic carbocycles. The van der Waals surface area contributed by atoms with Crippen molar-refractivity contribution < 1.29 is 24.0 Å². The van der Waals surface area contributed by atoms with Crippen molar-refractivity contribution in [3.05, 3.63) is 107 Å². The van der Waals surface area contributed by atoms with E-state index in [4.69, 9.17) is 9.47 Å². The number of nitro benzene ring substituents is 1. The number of carbonyl (C=O) groups excluding carboxylic acids is 2. The molecule has 0 unspecified atom stereocenters. The van der Waals surface area contributed by atoms with Gasteiger partial charge >= 0.3 is 12.2 Å². The first kappa shape index (κ1) is 25.9. The molecule has 0 saturated heterocycles. The van der Waals surface area contributed by atoms with Crippen LogP contribution in [0.1, 0.15) is 48.3 Å². The lowest BCUT2D eigenvalue weighted by Gasteiger charge is -2.22. The van der Waals surface area contributed by atoms with E-state index < -0.39 is 17.1 Å². The van der Waals surface area contributed by atoms with Gasteiger partial charge in [0.1, 0.15) is 13.2 Å². The number of hydrogen-bond acceptors (Lipinski definition) is 6. The van der Waals surface area contributed by atoms with E-state index in [1.54, 1.807) is 0 Å². The van der Waals surface area contributed by atoms with Crippen molar-refractivity contribution in [1.82, 2.24) is 4.90 Å². The molecular weight excluding hydrogens is 472 g/mol. The second kappa shape index (κ2) is 12.2. The Bertz CT molecular complexity index is 1210. The topological polar surface area (TPSA) is 99.0 Å². The summed E-state index contributed by atoms with van der Waals surface area (Å²) in [4.78, 5) is 37.3. The maximum atomic E-state index is 13.1. The number of nitrogens with zero attached hydrogens (tertiary/aromatic N) is 2. The summed E-state index contributed by atoms with van der Waals surface area (Å²) in [5.74, 6) is -0.125. The van der Waals surface area contributed by atoms with Crippen LogP contribution in [-0.4, -0.2) is 35.2 Å². The molecule has 8 nitrogen and oxygen atoms in total. The number of non-ortho nitro benzene ring substituents is 1. The summed E-state index contributed by atoms with van der Waals surface area (Å²) in [5, 5.41) is 10.8. The minimum Gasteiger partial charge on any atom is -0.448 e. The van der Waals surface area contributed by atoms with Gasteiger partial charge in [-0.2, -0.15) is 0 Å². The average Bonchev–Trinajstić information content (AvgIpc) is 3.24. The van der Waals surface area contributed by atoms with E-state index in [1.165, 1.54) is 24.3 Å². The molecule has 37 heavy (non-hydrogen) atoms. The van der Waals surface area contributed by atoms with Gasteiger partial charge in [-0.1, -0.05) is 74.7 Å². The Morgan fingerprint density at radius 1 is 0.838 bits per heavy atom. The van der Waals surface area contributed by atoms with E-state index in [-0.39, 0.29) is 31.4 Å². The van der Waals surface area contributed by atoms with Gasteiger partial charge in [0.05, 0.1) is 4.92 Å². The maximum Gasteiger partial charge on any atom is 0.419 e. The third kappa shape index (κ3) is 6.14. The molecule has 0 fully saturated rings. The van der Waals surface area contributed by atoms with Crippen molar-refractivity contribution in [2.45, 2.75) is 38.2 Å². The summed E-state index contributed by atoms with van der Waals surface area (Å²) in [7, 11) is 0.